The third kappa shape index (κ3) is 4.69. The number of carbonyl (C=O) groups is 2. The number of pyridine rings is 1. The van der Waals surface area contributed by atoms with Gasteiger partial charge in [0.25, 0.3) is 5.91 Å². The largest absolute Gasteiger partial charge is 0.462 e. The van der Waals surface area contributed by atoms with Crippen LogP contribution in [-0.2, 0) is 4.74 Å². The van der Waals surface area contributed by atoms with Gasteiger partial charge in [0.2, 0.25) is 0 Å². The number of hydrogen-bond acceptors (Lipinski definition) is 7. The van der Waals surface area contributed by atoms with Gasteiger partial charge in [-0.3, -0.25) is 4.79 Å². The van der Waals surface area contributed by atoms with Crippen molar-refractivity contribution in [3.63, 3.8) is 0 Å². The molecule has 0 saturated carbocycles. The van der Waals surface area contributed by atoms with Gasteiger partial charge in [0.1, 0.15) is 11.5 Å². The molecule has 8 heteroatoms. The molecule has 0 unspecified atom stereocenters. The third-order valence-corrected chi connectivity index (χ3v) is 3.55. The summed E-state index contributed by atoms with van der Waals surface area (Å²) >= 11 is 0. The monoisotopic (exact) mass is 366 g/mol. The first kappa shape index (κ1) is 18.1. The van der Waals surface area contributed by atoms with Crippen molar-refractivity contribution >= 4 is 29.1 Å². The standard InChI is InChI=1S/C19H18N4O4/c1-3-26-19(25)13-4-6-14(7-5-13)21-15-8-9-16(20-11-15)18(24)22-17-10-12(2)27-23-17/h4-11,21H,3H2,1-2H3,(H,22,23,24). The number of anilines is 3. The lowest BCUT2D eigenvalue weighted by molar-refractivity contribution is 0.0526. The van der Waals surface area contributed by atoms with Crippen LogP contribution in [0.2, 0.25) is 0 Å². The number of benzene rings is 1. The summed E-state index contributed by atoms with van der Waals surface area (Å²) in [4.78, 5) is 27.9. The van der Waals surface area contributed by atoms with Crippen molar-refractivity contribution in [2.24, 2.45) is 0 Å². The van der Waals surface area contributed by atoms with Gasteiger partial charge in [-0.2, -0.15) is 0 Å². The molecule has 1 amide bonds. The van der Waals surface area contributed by atoms with Crippen LogP contribution >= 0.6 is 0 Å². The lowest BCUT2D eigenvalue weighted by Crippen LogP contribution is -2.13. The van der Waals surface area contributed by atoms with Crippen molar-refractivity contribution in [1.82, 2.24) is 10.1 Å². The summed E-state index contributed by atoms with van der Waals surface area (Å²) in [7, 11) is 0. The van der Waals surface area contributed by atoms with E-state index in [2.05, 4.69) is 20.8 Å². The van der Waals surface area contributed by atoms with E-state index < -0.39 is 0 Å². The Labute approximate surface area is 155 Å². The van der Waals surface area contributed by atoms with Gasteiger partial charge in [0.15, 0.2) is 5.82 Å². The number of ether oxygens (including phenoxy) is 1. The van der Waals surface area contributed by atoms with E-state index in [0.717, 1.165) is 5.69 Å². The minimum Gasteiger partial charge on any atom is -0.462 e. The molecule has 0 bridgehead atoms. The van der Waals surface area contributed by atoms with Crippen LogP contribution in [0.5, 0.6) is 0 Å². The lowest BCUT2D eigenvalue weighted by atomic mass is 10.2. The Hall–Kier alpha value is -3.68. The van der Waals surface area contributed by atoms with Crippen molar-refractivity contribution < 1.29 is 18.8 Å². The van der Waals surface area contributed by atoms with Gasteiger partial charge in [0, 0.05) is 11.8 Å². The zero-order valence-electron chi connectivity index (χ0n) is 14.9. The molecule has 2 N–H and O–H groups in total. The average Bonchev–Trinajstić information content (AvgIpc) is 3.08. The van der Waals surface area contributed by atoms with Crippen LogP contribution in [-0.4, -0.2) is 28.6 Å². The molecular weight excluding hydrogens is 348 g/mol. The first-order valence-corrected chi connectivity index (χ1v) is 8.30. The molecule has 138 valence electrons. The van der Waals surface area contributed by atoms with Gasteiger partial charge in [-0.05, 0) is 50.2 Å². The van der Waals surface area contributed by atoms with Crippen LogP contribution in [0.4, 0.5) is 17.2 Å². The maximum Gasteiger partial charge on any atom is 0.338 e. The Balaban J connectivity index is 1.61. The second-order valence-corrected chi connectivity index (χ2v) is 5.63. The molecule has 0 radical (unpaired) electrons. The Bertz CT molecular complexity index is 933. The maximum atomic E-state index is 12.1. The van der Waals surface area contributed by atoms with E-state index in [1.807, 2.05) is 0 Å². The van der Waals surface area contributed by atoms with Crippen LogP contribution < -0.4 is 10.6 Å². The molecule has 0 fully saturated rings. The first-order valence-electron chi connectivity index (χ1n) is 8.30. The molecular formula is C19H18N4O4. The van der Waals surface area contributed by atoms with Crippen molar-refractivity contribution in [1.29, 1.82) is 0 Å². The summed E-state index contributed by atoms with van der Waals surface area (Å²) in [6, 6.07) is 11.8. The number of rotatable bonds is 6. The van der Waals surface area contributed by atoms with Gasteiger partial charge in [-0.1, -0.05) is 5.16 Å². The molecule has 3 rings (SSSR count). The lowest BCUT2D eigenvalue weighted by Gasteiger charge is -2.08. The van der Waals surface area contributed by atoms with E-state index in [1.54, 1.807) is 62.5 Å². The van der Waals surface area contributed by atoms with E-state index in [-0.39, 0.29) is 17.6 Å². The second kappa shape index (κ2) is 8.13. The fourth-order valence-electron chi connectivity index (χ4n) is 2.28. The normalized spacial score (nSPS) is 10.3. The highest BCUT2D eigenvalue weighted by Crippen LogP contribution is 2.17. The van der Waals surface area contributed by atoms with E-state index in [1.165, 1.54) is 0 Å². The van der Waals surface area contributed by atoms with Crippen LogP contribution in [0.25, 0.3) is 0 Å². The van der Waals surface area contributed by atoms with Crippen molar-refractivity contribution in [3.05, 3.63) is 65.7 Å². The highest BCUT2D eigenvalue weighted by molar-refractivity contribution is 6.02. The minimum atomic E-state index is -0.381. The number of nitrogens with one attached hydrogen (secondary N) is 2. The van der Waals surface area contributed by atoms with Crippen LogP contribution in [0, 0.1) is 6.92 Å². The molecule has 0 atom stereocenters. The van der Waals surface area contributed by atoms with Crippen LogP contribution in [0.1, 0.15) is 33.5 Å². The minimum absolute atomic E-state index is 0.249. The van der Waals surface area contributed by atoms with Gasteiger partial charge in [0.05, 0.1) is 24.1 Å². The first-order chi connectivity index (χ1) is 13.0. The maximum absolute atomic E-state index is 12.1. The molecule has 2 heterocycles. The Morgan fingerprint density at radius 3 is 2.44 bits per heavy atom. The molecule has 3 aromatic rings. The van der Waals surface area contributed by atoms with E-state index in [9.17, 15) is 9.59 Å². The number of amides is 1. The molecule has 0 spiro atoms. The summed E-state index contributed by atoms with van der Waals surface area (Å²) in [5, 5.41) is 9.46. The van der Waals surface area contributed by atoms with Crippen molar-refractivity contribution in [3.8, 4) is 0 Å². The quantitative estimate of drug-likeness (QED) is 0.643. The number of aryl methyl sites for hydroxylation is 1. The van der Waals surface area contributed by atoms with Crippen molar-refractivity contribution in [2.45, 2.75) is 13.8 Å². The van der Waals surface area contributed by atoms with Gasteiger partial charge in [-0.25, -0.2) is 9.78 Å². The van der Waals surface area contributed by atoms with Crippen LogP contribution in [0.15, 0.2) is 53.2 Å². The fraction of sp³-hybridized carbons (Fsp3) is 0.158. The SMILES string of the molecule is CCOC(=O)c1ccc(Nc2ccc(C(=O)Nc3cc(C)on3)nc2)cc1. The zero-order valence-corrected chi connectivity index (χ0v) is 14.9. The summed E-state index contributed by atoms with van der Waals surface area (Å²) in [5.41, 5.74) is 2.21. The second-order valence-electron chi connectivity index (χ2n) is 5.63. The molecule has 1 aromatic carbocycles. The third-order valence-electron chi connectivity index (χ3n) is 3.55. The number of carbonyl (C=O) groups excluding carboxylic acids is 2. The van der Waals surface area contributed by atoms with Gasteiger partial charge in [-0.15, -0.1) is 0 Å². The van der Waals surface area contributed by atoms with Gasteiger partial charge < -0.3 is 19.9 Å². The topological polar surface area (TPSA) is 106 Å². The highest BCUT2D eigenvalue weighted by Gasteiger charge is 2.10. The molecule has 27 heavy (non-hydrogen) atoms. The summed E-state index contributed by atoms with van der Waals surface area (Å²) in [6.45, 7) is 3.83. The molecule has 0 saturated heterocycles. The van der Waals surface area contributed by atoms with Crippen molar-refractivity contribution in [2.75, 3.05) is 17.2 Å². The molecule has 8 nitrogen and oxygen atoms in total. The Kier molecular flexibility index (Phi) is 5.46. The molecule has 0 aliphatic carbocycles. The average molecular weight is 366 g/mol. The number of nitrogens with zero attached hydrogens (tertiary/aromatic N) is 2. The fourth-order valence-corrected chi connectivity index (χ4v) is 2.28. The Morgan fingerprint density at radius 2 is 1.85 bits per heavy atom. The van der Waals surface area contributed by atoms with E-state index in [4.69, 9.17) is 9.26 Å². The predicted molar refractivity (Wildman–Crippen MR) is 99.1 cm³/mol. The summed E-state index contributed by atoms with van der Waals surface area (Å²) < 4.78 is 9.85. The van der Waals surface area contributed by atoms with E-state index in [0.29, 0.717) is 29.4 Å². The predicted octanol–water partition coefficient (Wildman–Crippen LogP) is 3.55. The molecule has 0 aliphatic heterocycles. The van der Waals surface area contributed by atoms with Gasteiger partial charge >= 0.3 is 5.97 Å². The molecule has 2 aromatic heterocycles. The Morgan fingerprint density at radius 1 is 1.11 bits per heavy atom. The summed E-state index contributed by atoms with van der Waals surface area (Å²) in [5.74, 6) is 0.201. The zero-order chi connectivity index (χ0) is 19.2. The summed E-state index contributed by atoms with van der Waals surface area (Å²) in [6.07, 6.45) is 1.54. The number of aromatic nitrogens is 2. The van der Waals surface area contributed by atoms with E-state index >= 15 is 0 Å². The number of hydrogen-bond donors (Lipinski definition) is 2. The smallest absolute Gasteiger partial charge is 0.338 e. The van der Waals surface area contributed by atoms with Crippen LogP contribution in [0.3, 0.4) is 0 Å². The number of esters is 1. The highest BCUT2D eigenvalue weighted by atomic mass is 16.5. The molecule has 0 aliphatic rings.